The number of thiocarbonyl (C=S) groups is 1. The van der Waals surface area contributed by atoms with Crippen LogP contribution in [0.25, 0.3) is 0 Å². The molecule has 1 aliphatic rings. The van der Waals surface area contributed by atoms with Gasteiger partial charge in [0.2, 0.25) is 5.75 Å². The number of ether oxygens (including phenoxy) is 4. The molecule has 0 unspecified atom stereocenters. The molecule has 0 spiro atoms. The summed E-state index contributed by atoms with van der Waals surface area (Å²) < 4.78 is 21.0. The van der Waals surface area contributed by atoms with Crippen LogP contribution >= 0.6 is 12.2 Å². The summed E-state index contributed by atoms with van der Waals surface area (Å²) in [6, 6.07) is 7.86. The molecule has 1 N–H and O–H groups in total. The summed E-state index contributed by atoms with van der Waals surface area (Å²) in [6.45, 7) is 1.95. The predicted molar refractivity (Wildman–Crippen MR) is 130 cm³/mol. The number of benzene rings is 2. The van der Waals surface area contributed by atoms with Crippen LogP contribution in [-0.2, 0) is 0 Å². The van der Waals surface area contributed by atoms with E-state index >= 15 is 0 Å². The number of carbonyl (C=O) groups excluding carboxylic acids is 1. The first-order valence-electron chi connectivity index (χ1n) is 10.3. The largest absolute Gasteiger partial charge is 0.496 e. The van der Waals surface area contributed by atoms with Crippen molar-refractivity contribution < 1.29 is 28.7 Å². The fraction of sp³-hybridized carbons (Fsp3) is 0.364. The Bertz CT molecular complexity index is 1060. The highest BCUT2D eigenvalue weighted by molar-refractivity contribution is 7.80. The Morgan fingerprint density at radius 1 is 0.971 bits per heavy atom. The van der Waals surface area contributed by atoms with E-state index in [2.05, 4.69) is 5.32 Å². The van der Waals surface area contributed by atoms with E-state index in [-0.39, 0.29) is 10.8 Å². The van der Waals surface area contributed by atoms with Gasteiger partial charge in [-0.3, -0.25) is 20.2 Å². The molecule has 0 saturated carbocycles. The van der Waals surface area contributed by atoms with Gasteiger partial charge in [0.15, 0.2) is 16.6 Å². The zero-order chi connectivity index (χ0) is 24.8. The van der Waals surface area contributed by atoms with Crippen LogP contribution in [-0.4, -0.2) is 75.5 Å². The van der Waals surface area contributed by atoms with E-state index in [1.54, 1.807) is 24.3 Å². The third-order valence-corrected chi connectivity index (χ3v) is 5.79. The predicted octanol–water partition coefficient (Wildman–Crippen LogP) is 2.47. The van der Waals surface area contributed by atoms with Crippen molar-refractivity contribution >= 4 is 34.6 Å². The first-order chi connectivity index (χ1) is 16.3. The summed E-state index contributed by atoms with van der Waals surface area (Å²) in [4.78, 5) is 27.7. The molecule has 12 heteroatoms. The number of piperazine rings is 1. The maximum atomic E-state index is 12.8. The molecule has 34 heavy (non-hydrogen) atoms. The van der Waals surface area contributed by atoms with E-state index < -0.39 is 10.8 Å². The molecule has 1 aliphatic heterocycles. The number of hydrogen-bond acceptors (Lipinski definition) is 9. The van der Waals surface area contributed by atoms with Gasteiger partial charge in [0.05, 0.1) is 39.4 Å². The van der Waals surface area contributed by atoms with Gasteiger partial charge in [-0.2, -0.15) is 0 Å². The van der Waals surface area contributed by atoms with Gasteiger partial charge in [-0.25, -0.2) is 0 Å². The number of nitro groups is 1. The van der Waals surface area contributed by atoms with Crippen LogP contribution in [0.5, 0.6) is 23.0 Å². The van der Waals surface area contributed by atoms with E-state index in [9.17, 15) is 14.9 Å². The molecule has 1 saturated heterocycles. The molecule has 0 atom stereocenters. The molecule has 0 aromatic heterocycles. The lowest BCUT2D eigenvalue weighted by Gasteiger charge is -2.37. The first-order valence-corrected chi connectivity index (χ1v) is 10.7. The van der Waals surface area contributed by atoms with Gasteiger partial charge < -0.3 is 28.7 Å². The van der Waals surface area contributed by atoms with Gasteiger partial charge in [0.1, 0.15) is 11.4 Å². The van der Waals surface area contributed by atoms with Gasteiger partial charge in [0.25, 0.3) is 11.6 Å². The van der Waals surface area contributed by atoms with Crippen LogP contribution < -0.4 is 29.2 Å². The van der Waals surface area contributed by atoms with Crippen molar-refractivity contribution in [2.45, 2.75) is 0 Å². The normalized spacial score (nSPS) is 13.2. The smallest absolute Gasteiger partial charge is 0.296 e. The van der Waals surface area contributed by atoms with E-state index in [0.717, 1.165) is 0 Å². The molecule has 1 amide bonds. The number of carbonyl (C=O) groups is 1. The quantitative estimate of drug-likeness (QED) is 0.352. The zero-order valence-corrected chi connectivity index (χ0v) is 20.1. The van der Waals surface area contributed by atoms with Crippen LogP contribution in [0.4, 0.5) is 11.4 Å². The molecule has 182 valence electrons. The summed E-state index contributed by atoms with van der Waals surface area (Å²) in [5, 5.41) is 14.5. The summed E-state index contributed by atoms with van der Waals surface area (Å²) >= 11 is 5.44. The van der Waals surface area contributed by atoms with Crippen molar-refractivity contribution in [1.29, 1.82) is 0 Å². The van der Waals surface area contributed by atoms with E-state index in [0.29, 0.717) is 60.4 Å². The van der Waals surface area contributed by atoms with Crippen LogP contribution in [0.15, 0.2) is 30.3 Å². The monoisotopic (exact) mass is 490 g/mol. The molecule has 2 aromatic rings. The zero-order valence-electron chi connectivity index (χ0n) is 19.3. The number of amides is 1. The van der Waals surface area contributed by atoms with E-state index in [4.69, 9.17) is 31.2 Å². The second-order valence-corrected chi connectivity index (χ2v) is 7.65. The number of nitro benzene ring substituents is 1. The molecule has 2 aromatic carbocycles. The minimum Gasteiger partial charge on any atom is -0.496 e. The van der Waals surface area contributed by atoms with Crippen molar-refractivity contribution in [3.05, 3.63) is 46.0 Å². The highest BCUT2D eigenvalue weighted by Gasteiger charge is 2.26. The summed E-state index contributed by atoms with van der Waals surface area (Å²) in [7, 11) is 5.88. The SMILES string of the molecule is COc1ccc(N2CCN(C(=S)NC(=O)c3cc(OC)c(OC)c(OC)c3)CC2)c([N+](=O)[O-])c1. The average molecular weight is 491 g/mol. The number of nitrogens with one attached hydrogen (secondary N) is 1. The van der Waals surface area contributed by atoms with E-state index in [1.165, 1.54) is 34.5 Å². The fourth-order valence-corrected chi connectivity index (χ4v) is 3.93. The standard InChI is InChI=1S/C22H26N4O7S/c1-30-15-5-6-16(17(13-15)26(28)29)24-7-9-25(10-8-24)22(34)23-21(27)14-11-18(31-2)20(33-4)19(12-14)32-3/h5-6,11-13H,7-10H2,1-4H3,(H,23,27,34). The van der Waals surface area contributed by atoms with Crippen molar-refractivity contribution in [3.8, 4) is 23.0 Å². The second-order valence-electron chi connectivity index (χ2n) is 7.26. The fourth-order valence-electron chi connectivity index (χ4n) is 3.65. The molecule has 0 bridgehead atoms. The van der Waals surface area contributed by atoms with Crippen LogP contribution in [0.2, 0.25) is 0 Å². The molecule has 1 heterocycles. The number of anilines is 1. The van der Waals surface area contributed by atoms with Crippen molar-refractivity contribution in [3.63, 3.8) is 0 Å². The molecular formula is C22H26N4O7S. The van der Waals surface area contributed by atoms with Gasteiger partial charge in [-0.05, 0) is 36.5 Å². The molecule has 1 fully saturated rings. The maximum Gasteiger partial charge on any atom is 0.296 e. The summed E-state index contributed by atoms with van der Waals surface area (Å²) in [6.07, 6.45) is 0. The van der Waals surface area contributed by atoms with E-state index in [1.807, 2.05) is 9.80 Å². The van der Waals surface area contributed by atoms with Crippen molar-refractivity contribution in [2.24, 2.45) is 0 Å². The van der Waals surface area contributed by atoms with Gasteiger partial charge in [-0.15, -0.1) is 0 Å². The third-order valence-electron chi connectivity index (χ3n) is 5.43. The summed E-state index contributed by atoms with van der Waals surface area (Å²) in [5.74, 6) is 1.09. The molecular weight excluding hydrogens is 464 g/mol. The molecule has 0 aliphatic carbocycles. The van der Waals surface area contributed by atoms with Crippen LogP contribution in [0.1, 0.15) is 10.4 Å². The minimum absolute atomic E-state index is 0.0221. The number of nitrogens with zero attached hydrogens (tertiary/aromatic N) is 3. The third kappa shape index (κ3) is 5.22. The first kappa shape index (κ1) is 24.8. The number of rotatable bonds is 7. The topological polar surface area (TPSA) is 116 Å². The lowest BCUT2D eigenvalue weighted by atomic mass is 10.1. The van der Waals surface area contributed by atoms with Crippen LogP contribution in [0, 0.1) is 10.1 Å². The highest BCUT2D eigenvalue weighted by Crippen LogP contribution is 2.38. The van der Waals surface area contributed by atoms with Crippen molar-refractivity contribution in [1.82, 2.24) is 10.2 Å². The maximum absolute atomic E-state index is 12.8. The second kappa shape index (κ2) is 10.9. The summed E-state index contributed by atoms with van der Waals surface area (Å²) in [5.41, 5.74) is 0.785. The Kier molecular flexibility index (Phi) is 7.95. The Balaban J connectivity index is 1.67. The molecule has 3 rings (SSSR count). The lowest BCUT2D eigenvalue weighted by molar-refractivity contribution is -0.384. The minimum atomic E-state index is -0.424. The van der Waals surface area contributed by atoms with Crippen LogP contribution in [0.3, 0.4) is 0 Å². The lowest BCUT2D eigenvalue weighted by Crippen LogP contribution is -2.52. The number of hydrogen-bond donors (Lipinski definition) is 1. The molecule has 0 radical (unpaired) electrons. The van der Waals surface area contributed by atoms with Gasteiger partial charge in [0, 0.05) is 31.7 Å². The van der Waals surface area contributed by atoms with Gasteiger partial charge in [-0.1, -0.05) is 0 Å². The number of methoxy groups -OCH3 is 4. The Morgan fingerprint density at radius 3 is 2.09 bits per heavy atom. The molecule has 11 nitrogen and oxygen atoms in total. The van der Waals surface area contributed by atoms with Crippen molar-refractivity contribution in [2.75, 3.05) is 59.5 Å². The van der Waals surface area contributed by atoms with Gasteiger partial charge >= 0.3 is 0 Å². The highest BCUT2D eigenvalue weighted by atomic mass is 32.1. The Morgan fingerprint density at radius 2 is 1.59 bits per heavy atom. The Labute approximate surface area is 202 Å². The average Bonchev–Trinajstić information content (AvgIpc) is 2.87. The Hall–Kier alpha value is -3.80.